The third-order valence-electron chi connectivity index (χ3n) is 3.86. The molecule has 1 fully saturated rings. The molecule has 5 heteroatoms. The number of nitrogens with two attached hydrogens (primary N) is 1. The predicted molar refractivity (Wildman–Crippen MR) is 84.1 cm³/mol. The van der Waals surface area contributed by atoms with Gasteiger partial charge in [-0.1, -0.05) is 29.3 Å². The van der Waals surface area contributed by atoms with E-state index in [4.69, 9.17) is 33.8 Å². The third kappa shape index (κ3) is 4.61. The van der Waals surface area contributed by atoms with Crippen molar-refractivity contribution in [3.8, 4) is 0 Å². The normalized spacial score (nSPS) is 20.9. The second-order valence-electron chi connectivity index (χ2n) is 5.33. The van der Waals surface area contributed by atoms with Gasteiger partial charge in [-0.05, 0) is 56.2 Å². The van der Waals surface area contributed by atoms with Crippen LogP contribution in [0.3, 0.4) is 0 Å². The molecule has 1 aliphatic heterocycles. The van der Waals surface area contributed by atoms with Crippen molar-refractivity contribution in [2.45, 2.75) is 50.7 Å². The molecule has 3 nitrogen and oxygen atoms in total. The van der Waals surface area contributed by atoms with Crippen LogP contribution in [0.25, 0.3) is 0 Å². The average molecular weight is 317 g/mol. The summed E-state index contributed by atoms with van der Waals surface area (Å²) in [5.41, 5.74) is 3.83. The van der Waals surface area contributed by atoms with Gasteiger partial charge in [0.05, 0.1) is 6.10 Å². The van der Waals surface area contributed by atoms with E-state index >= 15 is 0 Å². The number of hydrogen-bond acceptors (Lipinski definition) is 3. The molecule has 1 heterocycles. The van der Waals surface area contributed by atoms with Gasteiger partial charge in [0.25, 0.3) is 0 Å². The minimum absolute atomic E-state index is 0.165. The Balaban J connectivity index is 1.88. The minimum Gasteiger partial charge on any atom is -0.378 e. The largest absolute Gasteiger partial charge is 0.378 e. The second-order valence-corrected chi connectivity index (χ2v) is 6.15. The number of benzene rings is 1. The Hall–Kier alpha value is -0.320. The number of hydrazine groups is 1. The van der Waals surface area contributed by atoms with Crippen molar-refractivity contribution < 1.29 is 4.74 Å². The summed E-state index contributed by atoms with van der Waals surface area (Å²) in [5, 5.41) is 1.40. The van der Waals surface area contributed by atoms with E-state index in [0.29, 0.717) is 16.1 Å². The average Bonchev–Trinajstić information content (AvgIpc) is 2.47. The summed E-state index contributed by atoms with van der Waals surface area (Å²) >= 11 is 12.4. The third-order valence-corrected chi connectivity index (χ3v) is 4.57. The highest BCUT2D eigenvalue weighted by molar-refractivity contribution is 6.35. The van der Waals surface area contributed by atoms with E-state index in [9.17, 15) is 0 Å². The summed E-state index contributed by atoms with van der Waals surface area (Å²) in [7, 11) is 0. The van der Waals surface area contributed by atoms with Crippen molar-refractivity contribution in [3.63, 3.8) is 0 Å². The zero-order valence-electron chi connectivity index (χ0n) is 11.6. The monoisotopic (exact) mass is 316 g/mol. The van der Waals surface area contributed by atoms with Gasteiger partial charge in [0.15, 0.2) is 0 Å². The molecule has 2 atom stereocenters. The minimum atomic E-state index is 0.165. The van der Waals surface area contributed by atoms with E-state index < -0.39 is 0 Å². The first-order valence-corrected chi connectivity index (χ1v) is 7.97. The van der Waals surface area contributed by atoms with Crippen molar-refractivity contribution >= 4 is 23.2 Å². The lowest BCUT2D eigenvalue weighted by molar-refractivity contribution is 0.00858. The lowest BCUT2D eigenvalue weighted by atomic mass is 9.98. The zero-order valence-corrected chi connectivity index (χ0v) is 13.1. The molecule has 20 heavy (non-hydrogen) atoms. The maximum Gasteiger partial charge on any atom is 0.0575 e. The van der Waals surface area contributed by atoms with E-state index in [1.807, 2.05) is 18.2 Å². The van der Waals surface area contributed by atoms with E-state index in [1.165, 1.54) is 12.8 Å². The molecule has 1 saturated heterocycles. The van der Waals surface area contributed by atoms with Crippen LogP contribution in [0, 0.1) is 0 Å². The summed E-state index contributed by atoms with van der Waals surface area (Å²) < 4.78 is 5.75. The molecule has 0 radical (unpaired) electrons. The zero-order chi connectivity index (χ0) is 14.4. The Morgan fingerprint density at radius 3 is 2.65 bits per heavy atom. The van der Waals surface area contributed by atoms with Crippen molar-refractivity contribution in [2.75, 3.05) is 6.61 Å². The fourth-order valence-electron chi connectivity index (χ4n) is 2.64. The fraction of sp³-hybridized carbons (Fsp3) is 0.600. The Morgan fingerprint density at radius 2 is 2.05 bits per heavy atom. The molecule has 0 saturated carbocycles. The van der Waals surface area contributed by atoms with Crippen molar-refractivity contribution in [1.29, 1.82) is 0 Å². The smallest absolute Gasteiger partial charge is 0.0575 e. The molecule has 1 aromatic carbocycles. The first kappa shape index (κ1) is 16.1. The van der Waals surface area contributed by atoms with Crippen molar-refractivity contribution in [1.82, 2.24) is 5.43 Å². The molecule has 1 aliphatic rings. The lowest BCUT2D eigenvalue weighted by Gasteiger charge is -2.25. The number of nitrogens with one attached hydrogen (secondary N) is 1. The Morgan fingerprint density at radius 1 is 1.30 bits per heavy atom. The summed E-state index contributed by atoms with van der Waals surface area (Å²) in [5.74, 6) is 5.66. The molecule has 2 unspecified atom stereocenters. The highest BCUT2D eigenvalue weighted by Crippen LogP contribution is 2.26. The van der Waals surface area contributed by atoms with Crippen LogP contribution >= 0.6 is 23.2 Å². The number of ether oxygens (including phenoxy) is 1. The van der Waals surface area contributed by atoms with E-state index in [1.54, 1.807) is 0 Å². The highest BCUT2D eigenvalue weighted by Gasteiger charge is 2.18. The molecular formula is C15H22Cl2N2O. The van der Waals surface area contributed by atoms with Crippen LogP contribution in [-0.2, 0) is 11.2 Å². The van der Waals surface area contributed by atoms with Gasteiger partial charge < -0.3 is 4.74 Å². The molecule has 112 valence electrons. The molecule has 2 rings (SSSR count). The van der Waals surface area contributed by atoms with E-state index in [0.717, 1.165) is 37.9 Å². The number of halogens is 2. The Kier molecular flexibility index (Phi) is 6.59. The number of rotatable bonds is 6. The second kappa shape index (κ2) is 8.20. The van der Waals surface area contributed by atoms with Crippen LogP contribution in [-0.4, -0.2) is 18.8 Å². The van der Waals surface area contributed by atoms with Crippen LogP contribution in [0.2, 0.25) is 10.0 Å². The van der Waals surface area contributed by atoms with Gasteiger partial charge in [0.1, 0.15) is 0 Å². The molecule has 1 aromatic rings. The van der Waals surface area contributed by atoms with Gasteiger partial charge in [-0.25, -0.2) is 0 Å². The molecule has 0 amide bonds. The Bertz CT molecular complexity index is 402. The van der Waals surface area contributed by atoms with Gasteiger partial charge in [0.2, 0.25) is 0 Å². The van der Waals surface area contributed by atoms with Crippen LogP contribution in [0.5, 0.6) is 0 Å². The summed E-state index contributed by atoms with van der Waals surface area (Å²) in [6, 6.07) is 5.74. The maximum absolute atomic E-state index is 6.20. The van der Waals surface area contributed by atoms with E-state index in [2.05, 4.69) is 5.43 Å². The predicted octanol–water partition coefficient (Wildman–Crippen LogP) is 3.72. The summed E-state index contributed by atoms with van der Waals surface area (Å²) in [4.78, 5) is 0. The molecule has 0 aliphatic carbocycles. The highest BCUT2D eigenvalue weighted by atomic mass is 35.5. The summed E-state index contributed by atoms with van der Waals surface area (Å²) in [6.07, 6.45) is 6.71. The van der Waals surface area contributed by atoms with Gasteiger partial charge >= 0.3 is 0 Å². The SMILES string of the molecule is NNC(CCC1CCCCO1)Cc1c(Cl)cccc1Cl. The lowest BCUT2D eigenvalue weighted by Crippen LogP contribution is -2.38. The van der Waals surface area contributed by atoms with Gasteiger partial charge in [-0.15, -0.1) is 0 Å². The fourth-order valence-corrected chi connectivity index (χ4v) is 3.19. The van der Waals surface area contributed by atoms with Gasteiger partial charge in [-0.3, -0.25) is 11.3 Å². The number of hydrogen-bond donors (Lipinski definition) is 2. The van der Waals surface area contributed by atoms with Gasteiger partial charge in [0, 0.05) is 22.7 Å². The Labute approximate surface area is 130 Å². The molecule has 3 N–H and O–H groups in total. The van der Waals surface area contributed by atoms with Gasteiger partial charge in [-0.2, -0.15) is 0 Å². The van der Waals surface area contributed by atoms with Crippen LogP contribution in [0.1, 0.15) is 37.7 Å². The van der Waals surface area contributed by atoms with Crippen LogP contribution in [0.4, 0.5) is 0 Å². The topological polar surface area (TPSA) is 47.3 Å². The first-order valence-electron chi connectivity index (χ1n) is 7.21. The molecule has 0 aromatic heterocycles. The van der Waals surface area contributed by atoms with Crippen LogP contribution < -0.4 is 11.3 Å². The maximum atomic E-state index is 6.20. The van der Waals surface area contributed by atoms with Crippen molar-refractivity contribution in [3.05, 3.63) is 33.8 Å². The standard InChI is InChI=1S/C15H22Cl2N2O/c16-14-5-3-6-15(17)13(14)10-11(19-18)7-8-12-4-1-2-9-20-12/h3,5-6,11-12,19H,1-2,4,7-10,18H2. The van der Waals surface area contributed by atoms with E-state index in [-0.39, 0.29) is 6.04 Å². The quantitative estimate of drug-likeness (QED) is 0.621. The van der Waals surface area contributed by atoms with Crippen molar-refractivity contribution in [2.24, 2.45) is 5.84 Å². The molecule has 0 bridgehead atoms. The summed E-state index contributed by atoms with van der Waals surface area (Å²) in [6.45, 7) is 0.891. The molecular weight excluding hydrogens is 295 g/mol. The first-order chi connectivity index (χ1) is 9.70. The molecule has 0 spiro atoms. The van der Waals surface area contributed by atoms with Crippen LogP contribution in [0.15, 0.2) is 18.2 Å².